The zero-order chi connectivity index (χ0) is 21.3. The number of esters is 1. The molecule has 7 nitrogen and oxygen atoms in total. The molecular weight excluding hydrogens is 382 g/mol. The molecule has 0 saturated carbocycles. The number of nitrogens with zero attached hydrogens (tertiary/aromatic N) is 3. The minimum atomic E-state index is -0.171. The average molecular weight is 412 g/mol. The van der Waals surface area contributed by atoms with E-state index >= 15 is 0 Å². The van der Waals surface area contributed by atoms with Crippen LogP contribution in [0.15, 0.2) is 42.2 Å². The van der Waals surface area contributed by atoms with Crippen LogP contribution in [0, 0.1) is 0 Å². The molecule has 1 aliphatic rings. The fourth-order valence-corrected chi connectivity index (χ4v) is 3.28. The number of benzene rings is 1. The maximum atomic E-state index is 11.2. The van der Waals surface area contributed by atoms with Gasteiger partial charge in [0.05, 0.1) is 20.3 Å². The molecule has 1 aromatic carbocycles. The van der Waals surface area contributed by atoms with Gasteiger partial charge in [-0.3, -0.25) is 4.79 Å². The van der Waals surface area contributed by atoms with E-state index in [4.69, 9.17) is 9.47 Å². The molecule has 30 heavy (non-hydrogen) atoms. The third-order valence-electron chi connectivity index (χ3n) is 5.00. The van der Waals surface area contributed by atoms with Crippen molar-refractivity contribution in [2.45, 2.75) is 25.7 Å². The minimum Gasteiger partial charge on any atom is -0.489 e. The smallest absolute Gasteiger partial charge is 0.305 e. The first kappa shape index (κ1) is 21.8. The molecule has 1 aromatic heterocycles. The second-order valence-corrected chi connectivity index (χ2v) is 7.41. The molecule has 0 aliphatic carbocycles. The topological polar surface area (TPSA) is 73.8 Å². The molecule has 0 spiro atoms. The number of rotatable bonds is 9. The largest absolute Gasteiger partial charge is 0.489 e. The van der Waals surface area contributed by atoms with Crippen molar-refractivity contribution < 1.29 is 19.0 Å². The first-order chi connectivity index (χ1) is 14.6. The Morgan fingerprint density at radius 1 is 1.17 bits per heavy atom. The molecule has 0 atom stereocenters. The lowest BCUT2D eigenvalue weighted by Crippen LogP contribution is -2.17. The lowest BCUT2D eigenvalue weighted by molar-refractivity contribution is -0.140. The van der Waals surface area contributed by atoms with Crippen LogP contribution in [0.1, 0.15) is 30.4 Å². The highest BCUT2D eigenvalue weighted by Crippen LogP contribution is 2.27. The molecule has 0 radical (unpaired) electrons. The molecule has 0 amide bonds. The van der Waals surface area contributed by atoms with E-state index in [-0.39, 0.29) is 5.97 Å². The molecule has 0 N–H and O–H groups in total. The van der Waals surface area contributed by atoms with Crippen molar-refractivity contribution >= 4 is 17.5 Å². The Morgan fingerprint density at radius 3 is 2.57 bits per heavy atom. The number of hydrogen-bond donors (Lipinski definition) is 0. The number of anilines is 1. The highest BCUT2D eigenvalue weighted by Gasteiger charge is 2.16. The molecule has 1 aliphatic heterocycles. The van der Waals surface area contributed by atoms with Gasteiger partial charge in [0.25, 0.3) is 0 Å². The molecule has 7 heteroatoms. The predicted octanol–water partition coefficient (Wildman–Crippen LogP) is 3.29. The van der Waals surface area contributed by atoms with Crippen molar-refractivity contribution in [2.24, 2.45) is 0 Å². The predicted molar refractivity (Wildman–Crippen MR) is 116 cm³/mol. The monoisotopic (exact) mass is 411 g/mol. The number of aromatic nitrogens is 2. The van der Waals surface area contributed by atoms with Crippen LogP contribution in [0.5, 0.6) is 5.75 Å². The van der Waals surface area contributed by atoms with E-state index in [2.05, 4.69) is 14.7 Å². The van der Waals surface area contributed by atoms with Crippen LogP contribution in [0.3, 0.4) is 0 Å². The highest BCUT2D eigenvalue weighted by atomic mass is 16.5. The summed E-state index contributed by atoms with van der Waals surface area (Å²) < 4.78 is 16.3. The van der Waals surface area contributed by atoms with Gasteiger partial charge in [-0.1, -0.05) is 12.1 Å². The number of aryl methyl sites for hydroxylation is 1. The fourth-order valence-electron chi connectivity index (χ4n) is 3.28. The van der Waals surface area contributed by atoms with Crippen molar-refractivity contribution in [3.05, 3.63) is 53.4 Å². The van der Waals surface area contributed by atoms with Gasteiger partial charge in [-0.05, 0) is 48.1 Å². The number of ether oxygens (including phenoxy) is 3. The summed E-state index contributed by atoms with van der Waals surface area (Å²) in [4.78, 5) is 21.9. The Bertz CT molecular complexity index is 861. The van der Waals surface area contributed by atoms with Gasteiger partial charge >= 0.3 is 5.97 Å². The molecule has 0 bridgehead atoms. The van der Waals surface area contributed by atoms with E-state index in [1.54, 1.807) is 0 Å². The molecule has 0 unspecified atom stereocenters. The molecule has 0 saturated heterocycles. The van der Waals surface area contributed by atoms with Crippen LogP contribution in [0.25, 0.3) is 5.57 Å². The Balaban J connectivity index is 1.60. The minimum absolute atomic E-state index is 0.171. The summed E-state index contributed by atoms with van der Waals surface area (Å²) in [5.41, 5.74) is 4.50. The first-order valence-corrected chi connectivity index (χ1v) is 10.1. The van der Waals surface area contributed by atoms with Crippen LogP contribution in [0.4, 0.5) is 5.95 Å². The normalized spacial score (nSPS) is 13.8. The van der Waals surface area contributed by atoms with E-state index in [9.17, 15) is 4.79 Å². The summed E-state index contributed by atoms with van der Waals surface area (Å²) in [6.07, 6.45) is 6.60. The van der Waals surface area contributed by atoms with Crippen molar-refractivity contribution in [2.75, 3.05) is 45.9 Å². The molecule has 160 valence electrons. The third-order valence-corrected chi connectivity index (χ3v) is 5.00. The molecular formula is C23H29N3O4. The van der Waals surface area contributed by atoms with Crippen LogP contribution < -0.4 is 9.64 Å². The van der Waals surface area contributed by atoms with E-state index < -0.39 is 0 Å². The summed E-state index contributed by atoms with van der Waals surface area (Å²) in [5.74, 6) is 1.33. The van der Waals surface area contributed by atoms with Crippen molar-refractivity contribution in [3.63, 3.8) is 0 Å². The molecule has 2 aromatic rings. The van der Waals surface area contributed by atoms with Gasteiger partial charge in [0.2, 0.25) is 5.95 Å². The van der Waals surface area contributed by atoms with Crippen molar-refractivity contribution in [1.82, 2.24) is 9.97 Å². The highest BCUT2D eigenvalue weighted by molar-refractivity contribution is 5.69. The Hall–Kier alpha value is -2.93. The number of carbonyl (C=O) groups is 1. The van der Waals surface area contributed by atoms with E-state index in [1.807, 2.05) is 55.7 Å². The zero-order valence-corrected chi connectivity index (χ0v) is 17.9. The lowest BCUT2D eigenvalue weighted by atomic mass is 9.98. The van der Waals surface area contributed by atoms with Crippen LogP contribution in [-0.4, -0.2) is 57.0 Å². The SMILES string of the molecule is COC(=O)CCCc1ccc(OCC2=C(c3cnc(N(C)C)nc3)CCOC2)cc1. The summed E-state index contributed by atoms with van der Waals surface area (Å²) in [6, 6.07) is 8.00. The Labute approximate surface area is 177 Å². The first-order valence-electron chi connectivity index (χ1n) is 10.1. The van der Waals surface area contributed by atoms with Gasteiger partial charge in [0.1, 0.15) is 12.4 Å². The second kappa shape index (κ2) is 10.7. The third kappa shape index (κ3) is 6.03. The molecule has 0 fully saturated rings. The maximum Gasteiger partial charge on any atom is 0.305 e. The van der Waals surface area contributed by atoms with Gasteiger partial charge in [0.15, 0.2) is 0 Å². The van der Waals surface area contributed by atoms with E-state index in [0.717, 1.165) is 36.1 Å². The molecule has 3 rings (SSSR count). The Kier molecular flexibility index (Phi) is 7.79. The zero-order valence-electron chi connectivity index (χ0n) is 17.9. The van der Waals surface area contributed by atoms with Crippen LogP contribution >= 0.6 is 0 Å². The Morgan fingerprint density at radius 2 is 1.90 bits per heavy atom. The van der Waals surface area contributed by atoms with Gasteiger partial charge in [-0.15, -0.1) is 0 Å². The van der Waals surface area contributed by atoms with Crippen LogP contribution in [-0.2, 0) is 20.7 Å². The number of carbonyl (C=O) groups excluding carboxylic acids is 1. The average Bonchev–Trinajstić information content (AvgIpc) is 2.78. The van der Waals surface area contributed by atoms with Crippen molar-refractivity contribution in [1.29, 1.82) is 0 Å². The molecule has 2 heterocycles. The second-order valence-electron chi connectivity index (χ2n) is 7.41. The lowest BCUT2D eigenvalue weighted by Gasteiger charge is -2.21. The van der Waals surface area contributed by atoms with E-state index in [0.29, 0.717) is 32.2 Å². The number of hydrogen-bond acceptors (Lipinski definition) is 7. The standard InChI is InChI=1S/C23H29N3O4/c1-26(2)23-24-13-18(14-25-23)21-11-12-29-15-19(21)16-30-20-9-7-17(8-10-20)5-4-6-22(27)28-3/h7-10,13-14H,4-6,11-12,15-16H2,1-3H3. The van der Waals surface area contributed by atoms with Gasteiger partial charge < -0.3 is 19.1 Å². The summed E-state index contributed by atoms with van der Waals surface area (Å²) >= 11 is 0. The van der Waals surface area contributed by atoms with Gasteiger partial charge in [0, 0.05) is 38.5 Å². The maximum absolute atomic E-state index is 11.2. The fraction of sp³-hybridized carbons (Fsp3) is 0.435. The van der Waals surface area contributed by atoms with Gasteiger partial charge in [-0.2, -0.15) is 0 Å². The summed E-state index contributed by atoms with van der Waals surface area (Å²) in [7, 11) is 5.26. The summed E-state index contributed by atoms with van der Waals surface area (Å²) in [6.45, 7) is 1.71. The van der Waals surface area contributed by atoms with Gasteiger partial charge in [-0.25, -0.2) is 9.97 Å². The van der Waals surface area contributed by atoms with Crippen molar-refractivity contribution in [3.8, 4) is 5.75 Å². The van der Waals surface area contributed by atoms with Crippen LogP contribution in [0.2, 0.25) is 0 Å². The quantitative estimate of drug-likeness (QED) is 0.586. The van der Waals surface area contributed by atoms with E-state index in [1.165, 1.54) is 18.2 Å². The summed E-state index contributed by atoms with van der Waals surface area (Å²) in [5, 5.41) is 0. The number of methoxy groups -OCH3 is 1.